The molecule has 6 heterocycles. The molecule has 11 nitrogen and oxygen atoms in total. The lowest BCUT2D eigenvalue weighted by atomic mass is 9.88. The molecular weight excluding hydrogens is 699 g/mol. The molecule has 2 fully saturated rings. The third-order valence-corrected chi connectivity index (χ3v) is 13.4. The molecule has 2 unspecified atom stereocenters. The number of anilines is 1. The summed E-state index contributed by atoms with van der Waals surface area (Å²) < 4.78 is 20.6. The van der Waals surface area contributed by atoms with Crippen LogP contribution in [0.5, 0.6) is 0 Å². The highest BCUT2D eigenvalue weighted by atomic mass is 28.3. The van der Waals surface area contributed by atoms with Crippen LogP contribution in [0, 0.1) is 0 Å². The highest BCUT2D eigenvalue weighted by Gasteiger charge is 2.45. The van der Waals surface area contributed by atoms with E-state index in [1.165, 1.54) is 0 Å². The van der Waals surface area contributed by atoms with Crippen molar-refractivity contribution in [3.8, 4) is 22.5 Å². The number of fused-ring (bicyclic) bond motifs is 3. The van der Waals surface area contributed by atoms with Crippen LogP contribution in [-0.4, -0.2) is 96.1 Å². The van der Waals surface area contributed by atoms with Gasteiger partial charge in [0.25, 0.3) is 0 Å². The molecule has 0 aromatic carbocycles. The Morgan fingerprint density at radius 1 is 0.868 bits per heavy atom. The van der Waals surface area contributed by atoms with Crippen LogP contribution < -0.4 is 4.90 Å². The van der Waals surface area contributed by atoms with Gasteiger partial charge in [-0.1, -0.05) is 51.4 Å². The third kappa shape index (κ3) is 10.1. The molecule has 2 atom stereocenters. The summed E-state index contributed by atoms with van der Waals surface area (Å²) in [5.74, 6) is 1.06. The summed E-state index contributed by atoms with van der Waals surface area (Å²) in [7, 11) is -2.55. The molecule has 2 aliphatic rings. The minimum atomic E-state index is -1.27. The van der Waals surface area contributed by atoms with Crippen molar-refractivity contribution in [3.63, 3.8) is 0 Å². The molecule has 53 heavy (non-hydrogen) atoms. The molecular formula is C40H59N7O4Si2. The van der Waals surface area contributed by atoms with Gasteiger partial charge in [-0.05, 0) is 76.7 Å². The van der Waals surface area contributed by atoms with Crippen LogP contribution in [0.1, 0.15) is 58.1 Å². The largest absolute Gasteiger partial charge is 0.444 e. The maximum atomic E-state index is 13.3. The molecule has 0 radical (unpaired) electrons. The number of aromatic nitrogens is 5. The number of carbonyl (C=O) groups excluding carboxylic acids is 1. The molecule has 13 heteroatoms. The summed E-state index contributed by atoms with van der Waals surface area (Å²) in [5, 5.41) is 4.93. The molecule has 0 saturated carbocycles. The van der Waals surface area contributed by atoms with Crippen molar-refractivity contribution >= 4 is 33.7 Å². The number of amides is 1. The molecule has 6 rings (SSSR count). The van der Waals surface area contributed by atoms with Crippen molar-refractivity contribution in [2.24, 2.45) is 0 Å². The quantitative estimate of drug-likeness (QED) is 0.0708. The van der Waals surface area contributed by atoms with E-state index in [0.29, 0.717) is 26.7 Å². The standard InChI is InChI=1S/C40H59N7O4Si2/c1-40(2,3)51-39(48)46-31-14-15-32(46)23-30(22-31)36-24-37(45(27-49-18-20-52(4,5)6)28-50-19-21-53(7,8)9)47-38(44-36)33(26-43-47)29-13-16-35(42-25-29)34-12-10-11-17-41-34/h10-13,16-17,24-26,30-32H,14-15,18-23,27-28H2,1-9H3. The molecule has 286 valence electrons. The van der Waals surface area contributed by atoms with Crippen LogP contribution in [0.4, 0.5) is 10.6 Å². The van der Waals surface area contributed by atoms with Gasteiger partial charge in [0.05, 0.1) is 17.6 Å². The molecule has 2 saturated heterocycles. The fraction of sp³-hybridized carbons (Fsp3) is 0.575. The van der Waals surface area contributed by atoms with Gasteiger partial charge in [-0.3, -0.25) is 9.97 Å². The SMILES string of the molecule is CC(C)(C)OC(=O)N1C2CCC1CC(c1cc(N(COCC[Si](C)(C)C)COCC[Si](C)(C)C)n3ncc(-c4ccc(-c5ccccn5)nc4)c3n1)C2. The molecule has 0 aliphatic carbocycles. The molecule has 4 aromatic rings. The molecule has 0 N–H and O–H groups in total. The van der Waals surface area contributed by atoms with E-state index in [-0.39, 0.29) is 24.1 Å². The summed E-state index contributed by atoms with van der Waals surface area (Å²) in [4.78, 5) is 32.1. The number of hydrogen-bond acceptors (Lipinski definition) is 9. The van der Waals surface area contributed by atoms with Gasteiger partial charge < -0.3 is 24.0 Å². The minimum absolute atomic E-state index is 0.119. The number of piperidine rings is 1. The molecule has 2 bridgehead atoms. The second kappa shape index (κ2) is 16.0. The lowest BCUT2D eigenvalue weighted by Gasteiger charge is -2.39. The van der Waals surface area contributed by atoms with E-state index in [1.807, 2.05) is 66.8 Å². The van der Waals surface area contributed by atoms with E-state index < -0.39 is 21.7 Å². The molecule has 4 aromatic heterocycles. The Balaban J connectivity index is 1.36. The van der Waals surface area contributed by atoms with Gasteiger partial charge in [-0.25, -0.2) is 9.78 Å². The third-order valence-electron chi connectivity index (χ3n) is 10.0. The van der Waals surface area contributed by atoms with E-state index in [2.05, 4.69) is 61.3 Å². The Hall–Kier alpha value is -3.66. The van der Waals surface area contributed by atoms with Crippen molar-refractivity contribution in [3.05, 3.63) is 60.7 Å². The van der Waals surface area contributed by atoms with E-state index >= 15 is 0 Å². The second-order valence-corrected chi connectivity index (χ2v) is 29.4. The summed E-state index contributed by atoms with van der Waals surface area (Å²) >= 11 is 0. The Kier molecular flexibility index (Phi) is 11.8. The number of nitrogens with zero attached hydrogens (tertiary/aromatic N) is 7. The first kappa shape index (κ1) is 39.0. The summed E-state index contributed by atoms with van der Waals surface area (Å²) in [5.41, 5.74) is 4.71. The van der Waals surface area contributed by atoms with Gasteiger partial charge in [-0.15, -0.1) is 0 Å². The van der Waals surface area contributed by atoms with Gasteiger partial charge in [0.15, 0.2) is 5.65 Å². The number of hydrogen-bond donors (Lipinski definition) is 0. The van der Waals surface area contributed by atoms with Gasteiger partial charge in [0.2, 0.25) is 0 Å². The highest BCUT2D eigenvalue weighted by Crippen LogP contribution is 2.44. The normalized spacial score (nSPS) is 19.2. The topological polar surface area (TPSA) is 107 Å². The fourth-order valence-electron chi connectivity index (χ4n) is 7.13. The highest BCUT2D eigenvalue weighted by molar-refractivity contribution is 6.76. The summed E-state index contributed by atoms with van der Waals surface area (Å²) in [6.45, 7) is 22.2. The Bertz CT molecular complexity index is 1800. The van der Waals surface area contributed by atoms with Crippen LogP contribution in [0.3, 0.4) is 0 Å². The van der Waals surface area contributed by atoms with Gasteiger partial charge in [-0.2, -0.15) is 9.61 Å². The lowest BCUT2D eigenvalue weighted by molar-refractivity contribution is 0.00569. The molecule has 2 aliphatic heterocycles. The smallest absolute Gasteiger partial charge is 0.410 e. The van der Waals surface area contributed by atoms with Crippen molar-refractivity contribution in [2.45, 2.75) is 121 Å². The molecule has 0 spiro atoms. The lowest BCUT2D eigenvalue weighted by Crippen LogP contribution is -2.48. The molecule has 1 amide bonds. The average Bonchev–Trinajstić information content (AvgIpc) is 3.63. The van der Waals surface area contributed by atoms with E-state index in [0.717, 1.165) is 77.4 Å². The van der Waals surface area contributed by atoms with Crippen LogP contribution in [0.15, 0.2) is 55.0 Å². The minimum Gasteiger partial charge on any atom is -0.444 e. The van der Waals surface area contributed by atoms with E-state index in [9.17, 15) is 4.79 Å². The number of ether oxygens (including phenoxy) is 3. The zero-order valence-electron chi connectivity index (χ0n) is 33.3. The van der Waals surface area contributed by atoms with Crippen LogP contribution in [-0.2, 0) is 14.2 Å². The van der Waals surface area contributed by atoms with Crippen molar-refractivity contribution < 1.29 is 19.0 Å². The van der Waals surface area contributed by atoms with Crippen LogP contribution in [0.2, 0.25) is 51.4 Å². The van der Waals surface area contributed by atoms with E-state index in [1.54, 1.807) is 6.20 Å². The zero-order chi connectivity index (χ0) is 38.0. The average molecular weight is 758 g/mol. The van der Waals surface area contributed by atoms with E-state index in [4.69, 9.17) is 29.3 Å². The monoisotopic (exact) mass is 757 g/mol. The summed E-state index contributed by atoms with van der Waals surface area (Å²) in [6, 6.07) is 14.5. The Labute approximate surface area is 317 Å². The Morgan fingerprint density at radius 3 is 2.06 bits per heavy atom. The van der Waals surface area contributed by atoms with Crippen molar-refractivity contribution in [1.82, 2.24) is 29.5 Å². The van der Waals surface area contributed by atoms with Gasteiger partial charge in [0, 0.05) is 82.6 Å². The number of pyridine rings is 2. The second-order valence-electron chi connectivity index (χ2n) is 18.2. The zero-order valence-corrected chi connectivity index (χ0v) is 35.3. The number of carbonyl (C=O) groups is 1. The predicted molar refractivity (Wildman–Crippen MR) is 217 cm³/mol. The fourth-order valence-corrected chi connectivity index (χ4v) is 8.64. The Morgan fingerprint density at radius 2 is 1.51 bits per heavy atom. The van der Waals surface area contributed by atoms with Gasteiger partial charge >= 0.3 is 6.09 Å². The summed E-state index contributed by atoms with van der Waals surface area (Å²) in [6.07, 6.45) is 8.97. The first-order valence-corrected chi connectivity index (χ1v) is 26.6. The maximum Gasteiger partial charge on any atom is 0.410 e. The van der Waals surface area contributed by atoms with Crippen LogP contribution >= 0.6 is 0 Å². The first-order chi connectivity index (χ1) is 25.0. The maximum absolute atomic E-state index is 13.3. The van der Waals surface area contributed by atoms with Crippen LogP contribution in [0.25, 0.3) is 28.2 Å². The number of rotatable bonds is 14. The predicted octanol–water partition coefficient (Wildman–Crippen LogP) is 8.93. The first-order valence-electron chi connectivity index (χ1n) is 19.2. The van der Waals surface area contributed by atoms with Gasteiger partial charge in [0.1, 0.15) is 24.9 Å². The van der Waals surface area contributed by atoms with Crippen molar-refractivity contribution in [2.75, 3.05) is 31.6 Å². The van der Waals surface area contributed by atoms with Crippen molar-refractivity contribution in [1.29, 1.82) is 0 Å².